The van der Waals surface area contributed by atoms with Crippen LogP contribution in [0, 0.1) is 0 Å². The molecule has 0 spiro atoms. The molecule has 0 aromatic rings. The van der Waals surface area contributed by atoms with Crippen molar-refractivity contribution < 1.29 is 4.79 Å². The van der Waals surface area contributed by atoms with Gasteiger partial charge in [-0.3, -0.25) is 4.79 Å². The fourth-order valence-corrected chi connectivity index (χ4v) is 2.84. The summed E-state index contributed by atoms with van der Waals surface area (Å²) in [4.78, 5) is 16.2. The van der Waals surface area contributed by atoms with Gasteiger partial charge in [0.25, 0.3) is 0 Å². The number of likely N-dealkylation sites (N-methyl/N-ethyl adjacent to an activating group) is 1. The third kappa shape index (κ3) is 2.99. The van der Waals surface area contributed by atoms with E-state index in [2.05, 4.69) is 24.1 Å². The first-order chi connectivity index (χ1) is 8.08. The highest BCUT2D eigenvalue weighted by molar-refractivity contribution is 5.83. The third-order valence-electron chi connectivity index (χ3n) is 4.12. The molecule has 2 aliphatic rings. The first-order valence-electron chi connectivity index (χ1n) is 6.83. The smallest absolute Gasteiger partial charge is 0.239 e. The van der Waals surface area contributed by atoms with Gasteiger partial charge in [0.2, 0.25) is 5.91 Å². The molecule has 4 nitrogen and oxygen atoms in total. The molecule has 0 aromatic carbocycles. The molecule has 0 aliphatic carbocycles. The minimum absolute atomic E-state index is 0.0793. The van der Waals surface area contributed by atoms with Crippen LogP contribution in [0.1, 0.15) is 33.1 Å². The van der Waals surface area contributed by atoms with E-state index in [0.717, 1.165) is 26.1 Å². The van der Waals surface area contributed by atoms with E-state index in [1.54, 1.807) is 0 Å². The molecule has 1 unspecified atom stereocenters. The molecule has 4 heteroatoms. The quantitative estimate of drug-likeness (QED) is 0.786. The van der Waals surface area contributed by atoms with Gasteiger partial charge in [-0.1, -0.05) is 0 Å². The van der Waals surface area contributed by atoms with Crippen molar-refractivity contribution in [2.75, 3.05) is 26.7 Å². The lowest BCUT2D eigenvalue weighted by atomic mass is 10.0. The van der Waals surface area contributed by atoms with Crippen LogP contribution in [0.3, 0.4) is 0 Å². The summed E-state index contributed by atoms with van der Waals surface area (Å²) in [5.41, 5.74) is 0. The summed E-state index contributed by atoms with van der Waals surface area (Å²) in [6.07, 6.45) is 3.32. The van der Waals surface area contributed by atoms with Crippen molar-refractivity contribution in [3.63, 3.8) is 0 Å². The van der Waals surface area contributed by atoms with Crippen molar-refractivity contribution in [3.05, 3.63) is 0 Å². The van der Waals surface area contributed by atoms with Gasteiger partial charge >= 0.3 is 0 Å². The van der Waals surface area contributed by atoms with Crippen LogP contribution in [0.4, 0.5) is 0 Å². The third-order valence-corrected chi connectivity index (χ3v) is 4.12. The molecule has 98 valence electrons. The van der Waals surface area contributed by atoms with Crippen LogP contribution < -0.4 is 5.32 Å². The van der Waals surface area contributed by atoms with Gasteiger partial charge in [-0.25, -0.2) is 0 Å². The maximum atomic E-state index is 11.8. The normalized spacial score (nSPS) is 28.4. The van der Waals surface area contributed by atoms with Crippen molar-refractivity contribution in [3.8, 4) is 0 Å². The Hall–Kier alpha value is -0.610. The summed E-state index contributed by atoms with van der Waals surface area (Å²) in [6, 6.07) is 1.26. The zero-order chi connectivity index (χ0) is 12.4. The second kappa shape index (κ2) is 5.36. The molecule has 2 aliphatic heterocycles. The summed E-state index contributed by atoms with van der Waals surface area (Å²) < 4.78 is 0. The number of rotatable bonds is 3. The van der Waals surface area contributed by atoms with Crippen LogP contribution in [0.2, 0.25) is 0 Å². The van der Waals surface area contributed by atoms with E-state index in [9.17, 15) is 4.79 Å². The monoisotopic (exact) mass is 239 g/mol. The SMILES string of the molecule is CC(C)N1CCC(NC2CCN(C)C2=O)CC1. The Labute approximate surface area is 104 Å². The zero-order valence-corrected chi connectivity index (χ0v) is 11.3. The lowest BCUT2D eigenvalue weighted by Gasteiger charge is -2.35. The number of likely N-dealkylation sites (tertiary alicyclic amines) is 2. The Morgan fingerprint density at radius 2 is 1.82 bits per heavy atom. The van der Waals surface area contributed by atoms with Crippen molar-refractivity contribution in [1.29, 1.82) is 0 Å². The number of carbonyl (C=O) groups is 1. The fourth-order valence-electron chi connectivity index (χ4n) is 2.84. The number of carbonyl (C=O) groups excluding carboxylic acids is 1. The first-order valence-corrected chi connectivity index (χ1v) is 6.83. The number of piperidine rings is 1. The Bertz CT molecular complexity index is 272. The highest BCUT2D eigenvalue weighted by atomic mass is 16.2. The van der Waals surface area contributed by atoms with Gasteiger partial charge in [0.15, 0.2) is 0 Å². The number of amides is 1. The lowest BCUT2D eigenvalue weighted by molar-refractivity contribution is -0.128. The molecule has 0 radical (unpaired) electrons. The molecular formula is C13H25N3O. The molecule has 0 aromatic heterocycles. The molecule has 1 amide bonds. The van der Waals surface area contributed by atoms with Crippen LogP contribution in [0.15, 0.2) is 0 Å². The van der Waals surface area contributed by atoms with E-state index in [1.807, 2.05) is 11.9 Å². The number of hydrogen-bond acceptors (Lipinski definition) is 3. The van der Waals surface area contributed by atoms with E-state index in [-0.39, 0.29) is 11.9 Å². The first kappa shape index (κ1) is 12.8. The second-order valence-electron chi connectivity index (χ2n) is 5.67. The molecule has 2 saturated heterocycles. The summed E-state index contributed by atoms with van der Waals surface area (Å²) in [5, 5.41) is 3.54. The Morgan fingerprint density at radius 1 is 1.18 bits per heavy atom. The van der Waals surface area contributed by atoms with Crippen molar-refractivity contribution in [2.24, 2.45) is 0 Å². The highest BCUT2D eigenvalue weighted by Crippen LogP contribution is 2.16. The standard InChI is InChI=1S/C13H25N3O/c1-10(2)16-8-4-11(5-9-16)14-12-6-7-15(3)13(12)17/h10-12,14H,4-9H2,1-3H3. The van der Waals surface area contributed by atoms with Crippen molar-refractivity contribution in [1.82, 2.24) is 15.1 Å². The minimum atomic E-state index is 0.0793. The fraction of sp³-hybridized carbons (Fsp3) is 0.923. The summed E-state index contributed by atoms with van der Waals surface area (Å²) in [7, 11) is 1.89. The minimum Gasteiger partial charge on any atom is -0.344 e. The van der Waals surface area contributed by atoms with Crippen LogP contribution in [-0.4, -0.2) is 60.5 Å². The summed E-state index contributed by atoms with van der Waals surface area (Å²) >= 11 is 0. The average Bonchev–Trinajstić information content (AvgIpc) is 2.62. The molecule has 0 bridgehead atoms. The van der Waals surface area contributed by atoms with Gasteiger partial charge in [0, 0.05) is 25.7 Å². The molecule has 2 fully saturated rings. The van der Waals surface area contributed by atoms with Crippen LogP contribution in [-0.2, 0) is 4.79 Å². The maximum Gasteiger partial charge on any atom is 0.239 e. The molecule has 2 rings (SSSR count). The van der Waals surface area contributed by atoms with E-state index in [0.29, 0.717) is 12.1 Å². The summed E-state index contributed by atoms with van der Waals surface area (Å²) in [6.45, 7) is 7.73. The van der Waals surface area contributed by atoms with Gasteiger partial charge in [0.1, 0.15) is 0 Å². The molecule has 17 heavy (non-hydrogen) atoms. The Balaban J connectivity index is 1.77. The maximum absolute atomic E-state index is 11.8. The van der Waals surface area contributed by atoms with E-state index in [1.165, 1.54) is 12.8 Å². The van der Waals surface area contributed by atoms with Crippen molar-refractivity contribution in [2.45, 2.75) is 51.2 Å². The van der Waals surface area contributed by atoms with Gasteiger partial charge in [0.05, 0.1) is 6.04 Å². The number of nitrogens with zero attached hydrogens (tertiary/aromatic N) is 2. The van der Waals surface area contributed by atoms with Gasteiger partial charge in [-0.15, -0.1) is 0 Å². The Kier molecular flexibility index (Phi) is 4.05. The highest BCUT2D eigenvalue weighted by Gasteiger charge is 2.31. The summed E-state index contributed by atoms with van der Waals surface area (Å²) in [5.74, 6) is 0.274. The lowest BCUT2D eigenvalue weighted by Crippen LogP contribution is -2.49. The second-order valence-corrected chi connectivity index (χ2v) is 5.67. The molecule has 2 heterocycles. The molecule has 1 atom stereocenters. The van der Waals surface area contributed by atoms with Crippen LogP contribution in [0.25, 0.3) is 0 Å². The van der Waals surface area contributed by atoms with Crippen molar-refractivity contribution >= 4 is 5.91 Å². The number of nitrogens with one attached hydrogen (secondary N) is 1. The number of hydrogen-bond donors (Lipinski definition) is 1. The molecular weight excluding hydrogens is 214 g/mol. The largest absolute Gasteiger partial charge is 0.344 e. The van der Waals surface area contributed by atoms with Gasteiger partial charge in [-0.05, 0) is 46.2 Å². The van der Waals surface area contributed by atoms with E-state index in [4.69, 9.17) is 0 Å². The average molecular weight is 239 g/mol. The van der Waals surface area contributed by atoms with Crippen LogP contribution in [0.5, 0.6) is 0 Å². The molecule has 0 saturated carbocycles. The van der Waals surface area contributed by atoms with Crippen LogP contribution >= 0.6 is 0 Å². The van der Waals surface area contributed by atoms with E-state index < -0.39 is 0 Å². The molecule has 1 N–H and O–H groups in total. The predicted octanol–water partition coefficient (Wildman–Crippen LogP) is 0.679. The Morgan fingerprint density at radius 3 is 2.29 bits per heavy atom. The predicted molar refractivity (Wildman–Crippen MR) is 68.9 cm³/mol. The zero-order valence-electron chi connectivity index (χ0n) is 11.3. The van der Waals surface area contributed by atoms with Gasteiger partial charge < -0.3 is 15.1 Å². The van der Waals surface area contributed by atoms with E-state index >= 15 is 0 Å². The van der Waals surface area contributed by atoms with Gasteiger partial charge in [-0.2, -0.15) is 0 Å². The topological polar surface area (TPSA) is 35.6 Å².